The van der Waals surface area contributed by atoms with Crippen molar-refractivity contribution < 1.29 is 33.3 Å². The Hall–Kier alpha value is -3.80. The van der Waals surface area contributed by atoms with E-state index in [-0.39, 0.29) is 41.7 Å². The number of halogens is 3. The van der Waals surface area contributed by atoms with E-state index in [0.29, 0.717) is 17.1 Å². The second-order valence-corrected chi connectivity index (χ2v) is 9.18. The van der Waals surface area contributed by atoms with Gasteiger partial charge in [0.25, 0.3) is 11.5 Å². The van der Waals surface area contributed by atoms with Crippen molar-refractivity contribution in [1.29, 1.82) is 0 Å². The molecule has 2 heterocycles. The number of benzene rings is 2. The molecule has 2 amide bonds. The Labute approximate surface area is 221 Å². The SMILES string of the molecule is Cc1cc(OCc2ccc(F)cc2F)c(Cl)c(=O)n1-c1ccc2c(c1)N(C(=O)CO)CN2C(=O)CC(C)O. The standard InChI is InChI=1S/C26H24ClF2N3O6/c1-14-7-22(38-12-16-3-4-17(28)9-19(16)29)25(27)26(37)32(14)18-5-6-20-21(10-18)31(24(36)11-33)13-30(20)23(35)8-15(2)34/h3-7,9-10,15,33-34H,8,11-13H2,1-2H3. The number of fused-ring (bicyclic) bond motifs is 1. The van der Waals surface area contributed by atoms with E-state index in [1.165, 1.54) is 39.5 Å². The molecule has 0 bridgehead atoms. The molecule has 4 rings (SSSR count). The van der Waals surface area contributed by atoms with Gasteiger partial charge in [0.1, 0.15) is 42.3 Å². The maximum Gasteiger partial charge on any atom is 0.277 e. The molecule has 0 aliphatic carbocycles. The lowest BCUT2D eigenvalue weighted by Crippen LogP contribution is -2.40. The number of carbonyl (C=O) groups is 2. The zero-order chi connectivity index (χ0) is 27.7. The summed E-state index contributed by atoms with van der Waals surface area (Å²) in [5.41, 5.74) is 0.806. The predicted molar refractivity (Wildman–Crippen MR) is 136 cm³/mol. The summed E-state index contributed by atoms with van der Waals surface area (Å²) >= 11 is 6.30. The Morgan fingerprint density at radius 1 is 1.08 bits per heavy atom. The van der Waals surface area contributed by atoms with Gasteiger partial charge in [0.15, 0.2) is 0 Å². The first-order valence-corrected chi connectivity index (χ1v) is 11.9. The van der Waals surface area contributed by atoms with Crippen LogP contribution in [0, 0.1) is 18.6 Å². The monoisotopic (exact) mass is 547 g/mol. The minimum absolute atomic E-state index is 0.00211. The summed E-state index contributed by atoms with van der Waals surface area (Å²) in [5, 5.41) is 18.8. The highest BCUT2D eigenvalue weighted by Gasteiger charge is 2.34. The number of anilines is 2. The number of hydrogen-bond acceptors (Lipinski definition) is 6. The molecule has 1 unspecified atom stereocenters. The third-order valence-corrected chi connectivity index (χ3v) is 6.34. The van der Waals surface area contributed by atoms with Crippen molar-refractivity contribution >= 4 is 34.8 Å². The van der Waals surface area contributed by atoms with Crippen LogP contribution in [0.2, 0.25) is 5.02 Å². The first-order chi connectivity index (χ1) is 18.0. The molecular formula is C26H24ClF2N3O6. The summed E-state index contributed by atoms with van der Waals surface area (Å²) < 4.78 is 33.9. The third kappa shape index (κ3) is 5.26. The highest BCUT2D eigenvalue weighted by Crippen LogP contribution is 2.38. The number of nitrogens with zero attached hydrogens (tertiary/aromatic N) is 3. The van der Waals surface area contributed by atoms with Crippen LogP contribution in [0.3, 0.4) is 0 Å². The molecule has 1 aliphatic rings. The molecule has 0 saturated carbocycles. The molecule has 0 spiro atoms. The largest absolute Gasteiger partial charge is 0.487 e. The molecule has 2 N–H and O–H groups in total. The molecular weight excluding hydrogens is 524 g/mol. The maximum atomic E-state index is 14.0. The quantitative estimate of drug-likeness (QED) is 0.470. The van der Waals surface area contributed by atoms with Crippen molar-refractivity contribution in [2.45, 2.75) is 33.0 Å². The van der Waals surface area contributed by atoms with Gasteiger partial charge in [0, 0.05) is 23.4 Å². The van der Waals surface area contributed by atoms with Crippen LogP contribution in [-0.4, -0.2) is 46.0 Å². The molecule has 0 radical (unpaired) electrons. The minimum Gasteiger partial charge on any atom is -0.487 e. The molecule has 3 aromatic rings. The highest BCUT2D eigenvalue weighted by atomic mass is 35.5. The Morgan fingerprint density at radius 2 is 1.79 bits per heavy atom. The number of aromatic nitrogens is 1. The van der Waals surface area contributed by atoms with E-state index < -0.39 is 41.7 Å². The highest BCUT2D eigenvalue weighted by molar-refractivity contribution is 6.31. The van der Waals surface area contributed by atoms with Crippen molar-refractivity contribution in [3.8, 4) is 11.4 Å². The molecule has 2 aromatic carbocycles. The molecule has 0 fully saturated rings. The van der Waals surface area contributed by atoms with Gasteiger partial charge in [-0.1, -0.05) is 11.6 Å². The average molecular weight is 548 g/mol. The fourth-order valence-corrected chi connectivity index (χ4v) is 4.36. The fraction of sp³-hybridized carbons (Fsp3) is 0.269. The number of rotatable bonds is 7. The number of aryl methyl sites for hydroxylation is 1. The van der Waals surface area contributed by atoms with Crippen LogP contribution < -0.4 is 20.1 Å². The Morgan fingerprint density at radius 3 is 2.45 bits per heavy atom. The molecule has 0 saturated heterocycles. The number of aliphatic hydroxyl groups is 2. The fourth-order valence-electron chi connectivity index (χ4n) is 4.17. The van der Waals surface area contributed by atoms with Crippen LogP contribution in [0.4, 0.5) is 20.2 Å². The van der Waals surface area contributed by atoms with E-state index >= 15 is 0 Å². The first kappa shape index (κ1) is 27.2. The number of pyridine rings is 1. The molecule has 1 aliphatic heterocycles. The summed E-state index contributed by atoms with van der Waals surface area (Å²) in [6, 6.07) is 9.15. The Kier molecular flexibility index (Phi) is 7.81. The van der Waals surface area contributed by atoms with Gasteiger partial charge in [-0.05, 0) is 44.2 Å². The van der Waals surface area contributed by atoms with Crippen LogP contribution in [0.1, 0.15) is 24.6 Å². The average Bonchev–Trinajstić information content (AvgIpc) is 3.24. The number of hydrogen-bond donors (Lipinski definition) is 2. The first-order valence-electron chi connectivity index (χ1n) is 11.5. The van der Waals surface area contributed by atoms with Crippen molar-refractivity contribution in [1.82, 2.24) is 4.57 Å². The zero-order valence-corrected chi connectivity index (χ0v) is 21.2. The van der Waals surface area contributed by atoms with Crippen molar-refractivity contribution in [3.63, 3.8) is 0 Å². The van der Waals surface area contributed by atoms with E-state index in [4.69, 9.17) is 16.3 Å². The summed E-state index contributed by atoms with van der Waals surface area (Å²) in [5.74, 6) is -2.60. The molecule has 38 heavy (non-hydrogen) atoms. The Balaban J connectivity index is 1.69. The van der Waals surface area contributed by atoms with E-state index in [1.54, 1.807) is 19.1 Å². The Bertz CT molecular complexity index is 1480. The lowest BCUT2D eigenvalue weighted by molar-refractivity contribution is -0.121. The normalized spacial score (nSPS) is 13.4. The van der Waals surface area contributed by atoms with E-state index in [9.17, 15) is 33.4 Å². The van der Waals surface area contributed by atoms with Gasteiger partial charge >= 0.3 is 0 Å². The van der Waals surface area contributed by atoms with Crippen LogP contribution in [0.15, 0.2) is 47.3 Å². The van der Waals surface area contributed by atoms with Gasteiger partial charge in [0.2, 0.25) is 5.91 Å². The number of carbonyl (C=O) groups excluding carboxylic acids is 2. The second-order valence-electron chi connectivity index (χ2n) is 8.80. The molecule has 200 valence electrons. The van der Waals surface area contributed by atoms with Crippen molar-refractivity contribution in [2.24, 2.45) is 0 Å². The van der Waals surface area contributed by atoms with Gasteiger partial charge in [-0.3, -0.25) is 28.8 Å². The summed E-state index contributed by atoms with van der Waals surface area (Å²) in [7, 11) is 0. The van der Waals surface area contributed by atoms with Crippen LogP contribution in [-0.2, 0) is 16.2 Å². The molecule has 12 heteroatoms. The van der Waals surface area contributed by atoms with Crippen LogP contribution in [0.5, 0.6) is 5.75 Å². The number of amides is 2. The minimum atomic E-state index is -0.892. The van der Waals surface area contributed by atoms with Gasteiger partial charge in [-0.25, -0.2) is 8.78 Å². The second kappa shape index (κ2) is 10.9. The van der Waals surface area contributed by atoms with Gasteiger partial charge < -0.3 is 14.9 Å². The molecule has 9 nitrogen and oxygen atoms in total. The lowest BCUT2D eigenvalue weighted by atomic mass is 10.2. The summed E-state index contributed by atoms with van der Waals surface area (Å²) in [6.45, 7) is 1.84. The van der Waals surface area contributed by atoms with Gasteiger partial charge in [-0.2, -0.15) is 0 Å². The summed E-state index contributed by atoms with van der Waals surface area (Å²) in [6.07, 6.45) is -1.06. The van der Waals surface area contributed by atoms with E-state index in [2.05, 4.69) is 0 Å². The predicted octanol–water partition coefficient (Wildman–Crippen LogP) is 3.06. The maximum absolute atomic E-state index is 14.0. The van der Waals surface area contributed by atoms with E-state index in [0.717, 1.165) is 12.1 Å². The molecule has 1 aromatic heterocycles. The van der Waals surface area contributed by atoms with Crippen molar-refractivity contribution in [2.75, 3.05) is 23.1 Å². The van der Waals surface area contributed by atoms with Crippen molar-refractivity contribution in [3.05, 3.63) is 80.7 Å². The zero-order valence-electron chi connectivity index (χ0n) is 20.5. The summed E-state index contributed by atoms with van der Waals surface area (Å²) in [4.78, 5) is 40.8. The van der Waals surface area contributed by atoms with Gasteiger partial charge in [-0.15, -0.1) is 0 Å². The number of ether oxygens (including phenoxy) is 1. The van der Waals surface area contributed by atoms with Gasteiger partial charge in [0.05, 0.1) is 29.6 Å². The smallest absolute Gasteiger partial charge is 0.277 e. The third-order valence-electron chi connectivity index (χ3n) is 5.99. The molecule has 1 atom stereocenters. The lowest BCUT2D eigenvalue weighted by Gasteiger charge is -2.19. The van der Waals surface area contributed by atoms with Crippen LogP contribution >= 0.6 is 11.6 Å². The topological polar surface area (TPSA) is 112 Å². The number of aliphatic hydroxyl groups excluding tert-OH is 2. The van der Waals surface area contributed by atoms with E-state index in [1.807, 2.05) is 0 Å². The van der Waals surface area contributed by atoms with Crippen LogP contribution in [0.25, 0.3) is 5.69 Å².